The first kappa shape index (κ1) is 17.7. The fraction of sp³-hybridized carbons (Fsp3) is 0.286. The largest absolute Gasteiger partial charge is 0.349 e. The van der Waals surface area contributed by atoms with Gasteiger partial charge in [0.2, 0.25) is 0 Å². The molecule has 2 rings (SSSR count). The number of aromatic nitrogens is 2. The minimum absolute atomic E-state index is 0. The summed E-state index contributed by atoms with van der Waals surface area (Å²) in [6.45, 7) is 2.57. The van der Waals surface area contributed by atoms with E-state index in [2.05, 4.69) is 36.8 Å². The van der Waals surface area contributed by atoms with Crippen LogP contribution in [0, 0.1) is 0 Å². The fourth-order valence-electron chi connectivity index (χ4n) is 1.65. The van der Waals surface area contributed by atoms with Crippen LogP contribution in [0.1, 0.15) is 17.4 Å². The lowest BCUT2D eigenvalue weighted by atomic mass is 10.1. The van der Waals surface area contributed by atoms with Crippen molar-refractivity contribution >= 4 is 34.2 Å². The molecule has 7 heteroatoms. The van der Waals surface area contributed by atoms with Crippen LogP contribution < -0.4 is 10.6 Å². The van der Waals surface area contributed by atoms with Crippen LogP contribution in [0.15, 0.2) is 34.8 Å². The number of carbonyl (C=O) groups is 1. The number of benzene rings is 1. The highest BCUT2D eigenvalue weighted by molar-refractivity contribution is 9.10. The zero-order valence-corrected chi connectivity index (χ0v) is 14.2. The first-order chi connectivity index (χ1) is 9.60. The van der Waals surface area contributed by atoms with Crippen molar-refractivity contribution in [2.75, 3.05) is 13.6 Å². The second-order valence-electron chi connectivity index (χ2n) is 4.57. The van der Waals surface area contributed by atoms with Crippen LogP contribution in [0.25, 0.3) is 11.3 Å². The summed E-state index contributed by atoms with van der Waals surface area (Å²) in [5.74, 6) is -0.150. The number of amides is 1. The van der Waals surface area contributed by atoms with E-state index in [-0.39, 0.29) is 24.4 Å². The van der Waals surface area contributed by atoms with E-state index >= 15 is 0 Å². The minimum atomic E-state index is -0.150. The molecule has 0 bridgehead atoms. The second kappa shape index (κ2) is 8.17. The third kappa shape index (κ3) is 4.84. The molecule has 0 saturated heterocycles. The van der Waals surface area contributed by atoms with Crippen LogP contribution in [-0.4, -0.2) is 35.7 Å². The maximum atomic E-state index is 11.9. The van der Waals surface area contributed by atoms with E-state index in [0.717, 1.165) is 15.7 Å². The van der Waals surface area contributed by atoms with Crippen molar-refractivity contribution in [2.45, 2.75) is 13.0 Å². The summed E-state index contributed by atoms with van der Waals surface area (Å²) in [6, 6.07) is 9.77. The number of rotatable bonds is 5. The molecule has 3 N–H and O–H groups in total. The average Bonchev–Trinajstić information content (AvgIpc) is 2.95. The Kier molecular flexibility index (Phi) is 6.87. The lowest BCUT2D eigenvalue weighted by molar-refractivity contribution is 0.0945. The lowest BCUT2D eigenvalue weighted by Crippen LogP contribution is -2.37. The molecule has 1 amide bonds. The summed E-state index contributed by atoms with van der Waals surface area (Å²) in [4.78, 5) is 11.9. The van der Waals surface area contributed by atoms with Crippen LogP contribution in [0.2, 0.25) is 0 Å². The molecule has 1 aromatic heterocycles. The molecule has 1 aromatic carbocycles. The maximum absolute atomic E-state index is 11.9. The third-order valence-corrected chi connectivity index (χ3v) is 3.55. The molecule has 21 heavy (non-hydrogen) atoms. The smallest absolute Gasteiger partial charge is 0.269 e. The van der Waals surface area contributed by atoms with Gasteiger partial charge >= 0.3 is 0 Å². The highest BCUT2D eigenvalue weighted by Gasteiger charge is 2.11. The highest BCUT2D eigenvalue weighted by atomic mass is 79.9. The topological polar surface area (TPSA) is 69.8 Å². The molecule has 0 saturated carbocycles. The molecule has 0 radical (unpaired) electrons. The highest BCUT2D eigenvalue weighted by Crippen LogP contribution is 2.20. The molecule has 0 aliphatic carbocycles. The zero-order chi connectivity index (χ0) is 14.5. The maximum Gasteiger partial charge on any atom is 0.269 e. The Hall–Kier alpha value is -1.37. The number of hydrogen-bond acceptors (Lipinski definition) is 3. The summed E-state index contributed by atoms with van der Waals surface area (Å²) < 4.78 is 1.01. The van der Waals surface area contributed by atoms with E-state index in [1.54, 1.807) is 6.07 Å². The Labute approximate surface area is 138 Å². The summed E-state index contributed by atoms with van der Waals surface area (Å²) in [6.07, 6.45) is 0. The van der Waals surface area contributed by atoms with Gasteiger partial charge in [0.15, 0.2) is 0 Å². The van der Waals surface area contributed by atoms with Crippen LogP contribution in [0.4, 0.5) is 0 Å². The standard InChI is InChI=1S/C14H17BrN4O.ClH/c1-9(16-2)8-17-14(20)13-7-12(18-19-13)10-3-5-11(15)6-4-10;/h3-7,9,16H,8H2,1-2H3,(H,17,20)(H,18,19);1H. The second-order valence-corrected chi connectivity index (χ2v) is 5.49. The van der Waals surface area contributed by atoms with Crippen molar-refractivity contribution in [3.8, 4) is 11.3 Å². The molecule has 0 spiro atoms. The van der Waals surface area contributed by atoms with Crippen LogP contribution >= 0.6 is 28.3 Å². The monoisotopic (exact) mass is 372 g/mol. The molecule has 1 unspecified atom stereocenters. The Morgan fingerprint density at radius 2 is 2.05 bits per heavy atom. The van der Waals surface area contributed by atoms with E-state index < -0.39 is 0 Å². The Bertz CT molecular complexity index is 585. The SMILES string of the molecule is CNC(C)CNC(=O)c1cc(-c2ccc(Br)cc2)n[nH]1.Cl. The minimum Gasteiger partial charge on any atom is -0.349 e. The summed E-state index contributed by atoms with van der Waals surface area (Å²) >= 11 is 3.39. The van der Waals surface area contributed by atoms with Crippen molar-refractivity contribution in [3.05, 3.63) is 40.5 Å². The molecule has 1 heterocycles. The van der Waals surface area contributed by atoms with Crippen molar-refractivity contribution in [1.29, 1.82) is 0 Å². The summed E-state index contributed by atoms with van der Waals surface area (Å²) in [5, 5.41) is 12.8. The van der Waals surface area contributed by atoms with Gasteiger partial charge in [-0.3, -0.25) is 9.89 Å². The van der Waals surface area contributed by atoms with Crippen molar-refractivity contribution in [3.63, 3.8) is 0 Å². The van der Waals surface area contributed by atoms with Crippen molar-refractivity contribution < 1.29 is 4.79 Å². The summed E-state index contributed by atoms with van der Waals surface area (Å²) in [5.41, 5.74) is 2.18. The van der Waals surface area contributed by atoms with Crippen LogP contribution in [0.3, 0.4) is 0 Å². The molecule has 0 fully saturated rings. The predicted molar refractivity (Wildman–Crippen MR) is 89.8 cm³/mol. The van der Waals surface area contributed by atoms with Gasteiger partial charge in [-0.1, -0.05) is 28.1 Å². The Morgan fingerprint density at radius 3 is 2.67 bits per heavy atom. The van der Waals surface area contributed by atoms with E-state index in [4.69, 9.17) is 0 Å². The Morgan fingerprint density at radius 1 is 1.38 bits per heavy atom. The van der Waals surface area contributed by atoms with Gasteiger partial charge in [-0.15, -0.1) is 12.4 Å². The van der Waals surface area contributed by atoms with E-state index in [1.807, 2.05) is 38.2 Å². The van der Waals surface area contributed by atoms with E-state index in [0.29, 0.717) is 12.2 Å². The zero-order valence-electron chi connectivity index (χ0n) is 11.8. The molecular formula is C14H18BrClN4O. The third-order valence-electron chi connectivity index (χ3n) is 3.02. The molecule has 0 aliphatic rings. The molecule has 0 aliphatic heterocycles. The van der Waals surface area contributed by atoms with Gasteiger partial charge in [-0.05, 0) is 32.2 Å². The number of H-pyrrole nitrogens is 1. The first-order valence-electron chi connectivity index (χ1n) is 6.37. The van der Waals surface area contributed by atoms with Gasteiger partial charge in [0, 0.05) is 22.6 Å². The lowest BCUT2D eigenvalue weighted by Gasteiger charge is -2.10. The summed E-state index contributed by atoms with van der Waals surface area (Å²) in [7, 11) is 1.86. The molecule has 1 atom stereocenters. The van der Waals surface area contributed by atoms with E-state index in [9.17, 15) is 4.79 Å². The number of nitrogens with zero attached hydrogens (tertiary/aromatic N) is 1. The molecule has 5 nitrogen and oxygen atoms in total. The quantitative estimate of drug-likeness (QED) is 0.754. The normalized spacial score (nSPS) is 11.6. The van der Waals surface area contributed by atoms with Gasteiger partial charge in [-0.2, -0.15) is 5.10 Å². The van der Waals surface area contributed by atoms with Gasteiger partial charge in [-0.25, -0.2) is 0 Å². The van der Waals surface area contributed by atoms with E-state index in [1.165, 1.54) is 0 Å². The average molecular weight is 374 g/mol. The predicted octanol–water partition coefficient (Wildman–Crippen LogP) is 2.60. The van der Waals surface area contributed by atoms with Gasteiger partial charge in [0.1, 0.15) is 5.69 Å². The van der Waals surface area contributed by atoms with Crippen molar-refractivity contribution in [2.24, 2.45) is 0 Å². The number of carbonyl (C=O) groups excluding carboxylic acids is 1. The number of hydrogen-bond donors (Lipinski definition) is 3. The van der Waals surface area contributed by atoms with Crippen LogP contribution in [-0.2, 0) is 0 Å². The van der Waals surface area contributed by atoms with Crippen molar-refractivity contribution in [1.82, 2.24) is 20.8 Å². The number of halogens is 2. The Balaban J connectivity index is 0.00000220. The molecule has 2 aromatic rings. The molecule has 114 valence electrons. The van der Waals surface area contributed by atoms with Gasteiger partial charge < -0.3 is 10.6 Å². The molecular weight excluding hydrogens is 356 g/mol. The fourth-order valence-corrected chi connectivity index (χ4v) is 1.91. The number of likely N-dealkylation sites (N-methyl/N-ethyl adjacent to an activating group) is 1. The van der Waals surface area contributed by atoms with Gasteiger partial charge in [0.25, 0.3) is 5.91 Å². The van der Waals surface area contributed by atoms with Gasteiger partial charge in [0.05, 0.1) is 5.69 Å². The number of nitrogens with one attached hydrogen (secondary N) is 3. The van der Waals surface area contributed by atoms with Crippen LogP contribution in [0.5, 0.6) is 0 Å². The number of aromatic amines is 1. The first-order valence-corrected chi connectivity index (χ1v) is 7.16.